The molecular formula is C6H8N6S. The minimum atomic E-state index is 0.623. The summed E-state index contributed by atoms with van der Waals surface area (Å²) in [6.45, 7) is 0.623. The van der Waals surface area contributed by atoms with Crippen molar-refractivity contribution in [3.8, 4) is 0 Å². The molecule has 0 bridgehead atoms. The van der Waals surface area contributed by atoms with Crippen molar-refractivity contribution >= 4 is 16.5 Å². The molecule has 0 saturated heterocycles. The second kappa shape index (κ2) is 3.50. The van der Waals surface area contributed by atoms with E-state index in [1.807, 2.05) is 5.38 Å². The highest BCUT2D eigenvalue weighted by atomic mass is 32.1. The number of anilines is 1. The molecule has 2 aromatic heterocycles. The lowest BCUT2D eigenvalue weighted by Gasteiger charge is -1.94. The number of nitrogens with two attached hydrogens (primary N) is 1. The van der Waals surface area contributed by atoms with E-state index in [0.717, 1.165) is 5.69 Å². The standard InChI is InChI=1S/C6H8N6S/c7-11-6-10-5(2-13-6)1-12-4-8-3-9-12/h2-4H,1,7H2,(H,10,11). The zero-order valence-electron chi connectivity index (χ0n) is 6.71. The molecule has 2 rings (SSSR count). The molecule has 0 aromatic carbocycles. The fourth-order valence-electron chi connectivity index (χ4n) is 0.926. The molecule has 0 aliphatic heterocycles. The first-order chi connectivity index (χ1) is 6.38. The van der Waals surface area contributed by atoms with Gasteiger partial charge in [0.25, 0.3) is 0 Å². The highest BCUT2D eigenvalue weighted by molar-refractivity contribution is 7.13. The maximum Gasteiger partial charge on any atom is 0.197 e. The van der Waals surface area contributed by atoms with E-state index in [2.05, 4.69) is 20.5 Å². The molecule has 3 N–H and O–H groups in total. The van der Waals surface area contributed by atoms with E-state index in [0.29, 0.717) is 11.7 Å². The Morgan fingerprint density at radius 1 is 1.62 bits per heavy atom. The number of aromatic nitrogens is 4. The van der Waals surface area contributed by atoms with Gasteiger partial charge in [0.15, 0.2) is 5.13 Å². The summed E-state index contributed by atoms with van der Waals surface area (Å²) < 4.78 is 1.70. The van der Waals surface area contributed by atoms with Crippen LogP contribution in [0.2, 0.25) is 0 Å². The van der Waals surface area contributed by atoms with Crippen molar-refractivity contribution in [1.29, 1.82) is 0 Å². The SMILES string of the molecule is NNc1nc(Cn2cncn2)cs1. The van der Waals surface area contributed by atoms with E-state index in [-0.39, 0.29) is 0 Å². The first kappa shape index (κ1) is 8.14. The van der Waals surface area contributed by atoms with E-state index >= 15 is 0 Å². The smallest absolute Gasteiger partial charge is 0.197 e. The second-order valence-corrected chi connectivity index (χ2v) is 3.24. The molecule has 68 valence electrons. The molecule has 13 heavy (non-hydrogen) atoms. The Hall–Kier alpha value is -1.47. The summed E-state index contributed by atoms with van der Waals surface area (Å²) in [4.78, 5) is 8.03. The lowest BCUT2D eigenvalue weighted by atomic mass is 10.5. The van der Waals surface area contributed by atoms with Gasteiger partial charge in [-0.05, 0) is 0 Å². The number of hydrogen-bond acceptors (Lipinski definition) is 6. The Kier molecular flexibility index (Phi) is 2.19. The summed E-state index contributed by atoms with van der Waals surface area (Å²) in [5.41, 5.74) is 3.41. The van der Waals surface area contributed by atoms with Crippen LogP contribution in [0.1, 0.15) is 5.69 Å². The van der Waals surface area contributed by atoms with Gasteiger partial charge in [-0.15, -0.1) is 11.3 Å². The van der Waals surface area contributed by atoms with Crippen LogP contribution in [-0.4, -0.2) is 19.7 Å². The van der Waals surface area contributed by atoms with Crippen LogP contribution in [0, 0.1) is 0 Å². The third kappa shape index (κ3) is 1.82. The van der Waals surface area contributed by atoms with Gasteiger partial charge >= 0.3 is 0 Å². The Balaban J connectivity index is 2.10. The van der Waals surface area contributed by atoms with Crippen LogP contribution >= 0.6 is 11.3 Å². The average molecular weight is 196 g/mol. The molecule has 0 aliphatic rings. The van der Waals surface area contributed by atoms with Crippen molar-refractivity contribution in [3.05, 3.63) is 23.7 Å². The van der Waals surface area contributed by atoms with Gasteiger partial charge in [0, 0.05) is 5.38 Å². The predicted octanol–water partition coefficient (Wildman–Crippen LogP) is 0.0685. The van der Waals surface area contributed by atoms with Gasteiger partial charge in [0.2, 0.25) is 0 Å². The van der Waals surface area contributed by atoms with E-state index in [1.54, 1.807) is 11.0 Å². The lowest BCUT2D eigenvalue weighted by Crippen LogP contribution is -2.06. The number of thiazole rings is 1. The lowest BCUT2D eigenvalue weighted by molar-refractivity contribution is 0.674. The molecular weight excluding hydrogens is 188 g/mol. The molecule has 0 saturated carbocycles. The summed E-state index contributed by atoms with van der Waals surface area (Å²) in [7, 11) is 0. The Labute approximate surface area is 78.4 Å². The number of hydrazine groups is 1. The molecule has 0 aliphatic carbocycles. The fraction of sp³-hybridized carbons (Fsp3) is 0.167. The first-order valence-electron chi connectivity index (χ1n) is 3.62. The monoisotopic (exact) mass is 196 g/mol. The van der Waals surface area contributed by atoms with Crippen LogP contribution < -0.4 is 11.3 Å². The van der Waals surface area contributed by atoms with Crippen LogP contribution in [0.5, 0.6) is 0 Å². The van der Waals surface area contributed by atoms with Crippen molar-refractivity contribution in [3.63, 3.8) is 0 Å². The molecule has 0 amide bonds. The van der Waals surface area contributed by atoms with Crippen LogP contribution in [0.25, 0.3) is 0 Å². The molecule has 0 unspecified atom stereocenters. The summed E-state index contributed by atoms with van der Waals surface area (Å²) in [5, 5.41) is 6.60. The molecule has 0 fully saturated rings. The van der Waals surface area contributed by atoms with Crippen LogP contribution in [0.3, 0.4) is 0 Å². The van der Waals surface area contributed by atoms with Gasteiger partial charge in [-0.25, -0.2) is 20.5 Å². The van der Waals surface area contributed by atoms with Crippen LogP contribution in [0.15, 0.2) is 18.0 Å². The summed E-state index contributed by atoms with van der Waals surface area (Å²) >= 11 is 1.46. The molecule has 2 heterocycles. The highest BCUT2D eigenvalue weighted by Gasteiger charge is 2.00. The van der Waals surface area contributed by atoms with Crippen molar-refractivity contribution in [2.75, 3.05) is 5.43 Å². The second-order valence-electron chi connectivity index (χ2n) is 2.38. The average Bonchev–Trinajstić information content (AvgIpc) is 2.76. The first-order valence-corrected chi connectivity index (χ1v) is 4.50. The normalized spacial score (nSPS) is 10.2. The minimum absolute atomic E-state index is 0.623. The van der Waals surface area contributed by atoms with Crippen molar-refractivity contribution in [2.24, 2.45) is 5.84 Å². The van der Waals surface area contributed by atoms with Gasteiger partial charge in [-0.2, -0.15) is 5.10 Å². The van der Waals surface area contributed by atoms with Crippen molar-refractivity contribution in [2.45, 2.75) is 6.54 Å². The van der Waals surface area contributed by atoms with E-state index in [1.165, 1.54) is 17.7 Å². The topological polar surface area (TPSA) is 81.6 Å². The van der Waals surface area contributed by atoms with Crippen molar-refractivity contribution < 1.29 is 0 Å². The Morgan fingerprint density at radius 2 is 2.54 bits per heavy atom. The van der Waals surface area contributed by atoms with Gasteiger partial charge in [-0.1, -0.05) is 0 Å². The van der Waals surface area contributed by atoms with Crippen molar-refractivity contribution in [1.82, 2.24) is 19.7 Å². The molecule has 2 aromatic rings. The van der Waals surface area contributed by atoms with Gasteiger partial charge in [0.05, 0.1) is 12.2 Å². The van der Waals surface area contributed by atoms with E-state index in [9.17, 15) is 0 Å². The highest BCUT2D eigenvalue weighted by Crippen LogP contribution is 2.13. The number of nitrogens with zero attached hydrogens (tertiary/aromatic N) is 4. The number of nitrogens with one attached hydrogen (secondary N) is 1. The van der Waals surface area contributed by atoms with Gasteiger partial charge in [-0.3, -0.25) is 5.43 Å². The van der Waals surface area contributed by atoms with Gasteiger partial charge < -0.3 is 0 Å². The summed E-state index contributed by atoms with van der Waals surface area (Å²) in [6.07, 6.45) is 3.14. The Morgan fingerprint density at radius 3 is 3.15 bits per heavy atom. The zero-order valence-corrected chi connectivity index (χ0v) is 7.53. The molecule has 0 radical (unpaired) electrons. The zero-order chi connectivity index (χ0) is 9.10. The molecule has 0 spiro atoms. The molecule has 0 atom stereocenters. The summed E-state index contributed by atoms with van der Waals surface area (Å²) in [5.74, 6) is 5.20. The fourth-order valence-corrected chi connectivity index (χ4v) is 1.54. The molecule has 7 heteroatoms. The predicted molar refractivity (Wildman–Crippen MR) is 49.0 cm³/mol. The quantitative estimate of drug-likeness (QED) is 0.536. The number of rotatable bonds is 3. The summed E-state index contributed by atoms with van der Waals surface area (Å²) in [6, 6.07) is 0. The molecule has 6 nitrogen and oxygen atoms in total. The van der Waals surface area contributed by atoms with Crippen LogP contribution in [0.4, 0.5) is 5.13 Å². The van der Waals surface area contributed by atoms with Gasteiger partial charge in [0.1, 0.15) is 12.7 Å². The number of nitrogen functional groups attached to an aromatic ring is 1. The maximum atomic E-state index is 5.20. The number of hydrogen-bond donors (Lipinski definition) is 2. The largest absolute Gasteiger partial charge is 0.300 e. The Bertz CT molecular complexity index is 366. The third-order valence-corrected chi connectivity index (χ3v) is 2.29. The minimum Gasteiger partial charge on any atom is -0.300 e. The van der Waals surface area contributed by atoms with Crippen LogP contribution in [-0.2, 0) is 6.54 Å². The van der Waals surface area contributed by atoms with E-state index < -0.39 is 0 Å². The van der Waals surface area contributed by atoms with E-state index in [4.69, 9.17) is 5.84 Å². The third-order valence-electron chi connectivity index (χ3n) is 1.47. The maximum absolute atomic E-state index is 5.20.